The third kappa shape index (κ3) is 3.97. The first-order valence-electron chi connectivity index (χ1n) is 5.04. The number of rotatable bonds is 7. The third-order valence-corrected chi connectivity index (χ3v) is 2.17. The van der Waals surface area contributed by atoms with Gasteiger partial charge < -0.3 is 14.8 Å². The molecule has 1 N–H and O–H groups in total. The van der Waals surface area contributed by atoms with Gasteiger partial charge in [-0.25, -0.2) is 4.98 Å². The molecule has 94 valence electrons. The summed E-state index contributed by atoms with van der Waals surface area (Å²) in [6.45, 7) is 0.798. The molecular weight excluding hydrogens is 226 g/mol. The van der Waals surface area contributed by atoms with Crippen molar-refractivity contribution in [3.05, 3.63) is 28.4 Å². The summed E-state index contributed by atoms with van der Waals surface area (Å²) in [5, 5.41) is 13.6. The second-order valence-corrected chi connectivity index (χ2v) is 3.32. The number of ether oxygens (including phenoxy) is 2. The molecule has 1 aromatic heterocycles. The van der Waals surface area contributed by atoms with Crippen LogP contribution in [0.3, 0.4) is 0 Å². The summed E-state index contributed by atoms with van der Waals surface area (Å²) >= 11 is 0. The van der Waals surface area contributed by atoms with Crippen molar-refractivity contribution < 1.29 is 14.4 Å². The monoisotopic (exact) mass is 241 g/mol. The quantitative estimate of drug-likeness (QED) is 0.567. The zero-order valence-electron chi connectivity index (χ0n) is 9.75. The van der Waals surface area contributed by atoms with Crippen LogP contribution in [0, 0.1) is 10.1 Å². The van der Waals surface area contributed by atoms with Crippen molar-refractivity contribution in [3.8, 4) is 0 Å². The molecule has 7 heteroatoms. The van der Waals surface area contributed by atoms with Gasteiger partial charge in [-0.1, -0.05) is 0 Å². The lowest BCUT2D eigenvalue weighted by Crippen LogP contribution is -2.27. The molecule has 0 aromatic carbocycles. The molecule has 0 amide bonds. The number of pyridine rings is 1. The summed E-state index contributed by atoms with van der Waals surface area (Å²) in [6, 6.07) is 2.92. The van der Waals surface area contributed by atoms with Gasteiger partial charge in [-0.2, -0.15) is 0 Å². The molecule has 0 aliphatic carbocycles. The van der Waals surface area contributed by atoms with Gasteiger partial charge in [0.2, 0.25) is 5.82 Å². The highest BCUT2D eigenvalue weighted by molar-refractivity contribution is 5.55. The molecule has 0 aliphatic heterocycles. The highest BCUT2D eigenvalue weighted by Crippen LogP contribution is 2.20. The number of anilines is 1. The summed E-state index contributed by atoms with van der Waals surface area (Å²) in [4.78, 5) is 14.2. The Morgan fingerprint density at radius 1 is 1.59 bits per heavy atom. The average Bonchev–Trinajstić information content (AvgIpc) is 2.34. The molecule has 1 unspecified atom stereocenters. The lowest BCUT2D eigenvalue weighted by molar-refractivity contribution is -0.384. The normalized spacial score (nSPS) is 12.1. The Labute approximate surface area is 98.9 Å². The van der Waals surface area contributed by atoms with Crippen LogP contribution in [0.4, 0.5) is 11.5 Å². The van der Waals surface area contributed by atoms with Crippen LogP contribution < -0.4 is 5.32 Å². The van der Waals surface area contributed by atoms with Gasteiger partial charge in [0.15, 0.2) is 0 Å². The first kappa shape index (κ1) is 13.3. The van der Waals surface area contributed by atoms with Crippen molar-refractivity contribution >= 4 is 11.5 Å². The maximum Gasteiger partial charge on any atom is 0.311 e. The molecule has 1 atom stereocenters. The van der Waals surface area contributed by atoms with Gasteiger partial charge in [0.1, 0.15) is 0 Å². The van der Waals surface area contributed by atoms with E-state index in [9.17, 15) is 10.1 Å². The Morgan fingerprint density at radius 3 is 2.94 bits per heavy atom. The van der Waals surface area contributed by atoms with Crippen LogP contribution in [0.1, 0.15) is 0 Å². The van der Waals surface area contributed by atoms with E-state index in [4.69, 9.17) is 9.47 Å². The SMILES string of the molecule is COCC(CNc1ncccc1[N+](=O)[O-])OC. The van der Waals surface area contributed by atoms with E-state index < -0.39 is 4.92 Å². The minimum absolute atomic E-state index is 0.0558. The van der Waals surface area contributed by atoms with Crippen molar-refractivity contribution in [1.82, 2.24) is 4.98 Å². The summed E-state index contributed by atoms with van der Waals surface area (Å²) in [6.07, 6.45) is 1.31. The molecular formula is C10H15N3O4. The minimum Gasteiger partial charge on any atom is -0.382 e. The molecule has 1 heterocycles. The van der Waals surface area contributed by atoms with Crippen LogP contribution in [0.15, 0.2) is 18.3 Å². The highest BCUT2D eigenvalue weighted by Gasteiger charge is 2.15. The molecule has 1 rings (SSSR count). The number of methoxy groups -OCH3 is 2. The Balaban J connectivity index is 2.65. The zero-order chi connectivity index (χ0) is 12.7. The molecule has 17 heavy (non-hydrogen) atoms. The fourth-order valence-electron chi connectivity index (χ4n) is 1.29. The van der Waals surface area contributed by atoms with Gasteiger partial charge in [-0.15, -0.1) is 0 Å². The van der Waals surface area contributed by atoms with Crippen LogP contribution in [0.2, 0.25) is 0 Å². The molecule has 0 saturated carbocycles. The predicted octanol–water partition coefficient (Wildman–Crippen LogP) is 1.06. The summed E-state index contributed by atoms with van der Waals surface area (Å²) in [7, 11) is 3.12. The van der Waals surface area contributed by atoms with Crippen LogP contribution >= 0.6 is 0 Å². The smallest absolute Gasteiger partial charge is 0.311 e. The van der Waals surface area contributed by atoms with E-state index in [-0.39, 0.29) is 17.6 Å². The van der Waals surface area contributed by atoms with Gasteiger partial charge in [0, 0.05) is 33.0 Å². The summed E-state index contributed by atoms with van der Waals surface area (Å²) < 4.78 is 10.1. The maximum atomic E-state index is 10.7. The number of nitro groups is 1. The molecule has 0 aliphatic rings. The average molecular weight is 241 g/mol. The van der Waals surface area contributed by atoms with Crippen molar-refractivity contribution in [3.63, 3.8) is 0 Å². The van der Waals surface area contributed by atoms with E-state index in [2.05, 4.69) is 10.3 Å². The number of hydrogen-bond acceptors (Lipinski definition) is 6. The zero-order valence-corrected chi connectivity index (χ0v) is 9.75. The fraction of sp³-hybridized carbons (Fsp3) is 0.500. The minimum atomic E-state index is -0.479. The molecule has 0 radical (unpaired) electrons. The standard InChI is InChI=1S/C10H15N3O4/c1-16-7-8(17-2)6-12-10-9(13(14)15)4-3-5-11-10/h3-5,8H,6-7H2,1-2H3,(H,11,12). The predicted molar refractivity (Wildman–Crippen MR) is 62.1 cm³/mol. The van der Waals surface area contributed by atoms with E-state index in [1.165, 1.54) is 18.3 Å². The topological polar surface area (TPSA) is 86.5 Å². The summed E-state index contributed by atoms with van der Waals surface area (Å²) in [5.41, 5.74) is -0.0558. The van der Waals surface area contributed by atoms with Crippen LogP contribution in [0.25, 0.3) is 0 Å². The molecule has 0 saturated heterocycles. The fourth-order valence-corrected chi connectivity index (χ4v) is 1.29. The molecule has 1 aromatic rings. The van der Waals surface area contributed by atoms with E-state index in [1.54, 1.807) is 14.2 Å². The van der Waals surface area contributed by atoms with Gasteiger partial charge >= 0.3 is 5.69 Å². The number of hydrogen-bond donors (Lipinski definition) is 1. The highest BCUT2D eigenvalue weighted by atomic mass is 16.6. The summed E-state index contributed by atoms with van der Waals surface area (Å²) in [5.74, 6) is 0.232. The van der Waals surface area contributed by atoms with E-state index in [0.29, 0.717) is 13.2 Å². The Morgan fingerprint density at radius 2 is 2.35 bits per heavy atom. The third-order valence-electron chi connectivity index (χ3n) is 2.17. The van der Waals surface area contributed by atoms with Crippen LogP contribution in [-0.2, 0) is 9.47 Å². The van der Waals surface area contributed by atoms with Crippen molar-refractivity contribution in [2.24, 2.45) is 0 Å². The van der Waals surface area contributed by atoms with Crippen LogP contribution in [-0.4, -0.2) is 43.4 Å². The Kier molecular flexibility index (Phi) is 5.31. The van der Waals surface area contributed by atoms with Gasteiger partial charge in [0.05, 0.1) is 17.6 Å². The van der Waals surface area contributed by atoms with E-state index in [1.807, 2.05) is 0 Å². The molecule has 0 spiro atoms. The molecule has 7 nitrogen and oxygen atoms in total. The van der Waals surface area contributed by atoms with Crippen molar-refractivity contribution in [2.45, 2.75) is 6.10 Å². The first-order valence-corrected chi connectivity index (χ1v) is 5.04. The molecule has 0 fully saturated rings. The van der Waals surface area contributed by atoms with Gasteiger partial charge in [-0.3, -0.25) is 10.1 Å². The lowest BCUT2D eigenvalue weighted by Gasteiger charge is -2.15. The Hall–Kier alpha value is -1.73. The van der Waals surface area contributed by atoms with Crippen molar-refractivity contribution in [2.75, 3.05) is 32.7 Å². The van der Waals surface area contributed by atoms with Crippen molar-refractivity contribution in [1.29, 1.82) is 0 Å². The largest absolute Gasteiger partial charge is 0.382 e. The second kappa shape index (κ2) is 6.77. The molecule has 0 bridgehead atoms. The van der Waals surface area contributed by atoms with Gasteiger partial charge in [0.25, 0.3) is 0 Å². The maximum absolute atomic E-state index is 10.7. The number of nitrogens with zero attached hydrogens (tertiary/aromatic N) is 2. The van der Waals surface area contributed by atoms with Crippen LogP contribution in [0.5, 0.6) is 0 Å². The number of aromatic nitrogens is 1. The first-order chi connectivity index (χ1) is 8.19. The Bertz CT molecular complexity index is 372. The van der Waals surface area contributed by atoms with Gasteiger partial charge in [-0.05, 0) is 6.07 Å². The van der Waals surface area contributed by atoms with E-state index in [0.717, 1.165) is 0 Å². The van der Waals surface area contributed by atoms with E-state index >= 15 is 0 Å². The lowest BCUT2D eigenvalue weighted by atomic mass is 10.3. The number of nitrogens with one attached hydrogen (secondary N) is 1. The second-order valence-electron chi connectivity index (χ2n) is 3.32.